The lowest BCUT2D eigenvalue weighted by Gasteiger charge is -2.10. The van der Waals surface area contributed by atoms with Gasteiger partial charge in [0, 0.05) is 47.6 Å². The van der Waals surface area contributed by atoms with Crippen LogP contribution in [0.2, 0.25) is 0 Å². The van der Waals surface area contributed by atoms with Crippen molar-refractivity contribution in [3.05, 3.63) is 188 Å². The number of hydrogen-bond acceptors (Lipinski definition) is 5. The van der Waals surface area contributed by atoms with Crippen molar-refractivity contribution >= 4 is 53.4 Å². The second-order valence-electron chi connectivity index (χ2n) is 14.0. The third kappa shape index (κ3) is 5.56. The molecule has 0 aliphatic carbocycles. The average Bonchev–Trinajstić information content (AvgIpc) is 3.85. The first-order valence-electron chi connectivity index (χ1n) is 18.7. The molecule has 56 heavy (non-hydrogen) atoms. The Labute approximate surface area is 327 Å². The number of benzene rings is 8. The number of aromatic nitrogens is 3. The lowest BCUT2D eigenvalue weighted by Crippen LogP contribution is -2.00. The van der Waals surface area contributed by atoms with Crippen LogP contribution in [0, 0.1) is 0 Å². The van der Waals surface area contributed by atoms with E-state index in [4.69, 9.17) is 19.4 Å². The zero-order chi connectivity index (χ0) is 37.0. The van der Waals surface area contributed by atoms with Gasteiger partial charge in [-0.25, -0.2) is 15.0 Å². The fourth-order valence-corrected chi connectivity index (χ4v) is 9.01. The van der Waals surface area contributed by atoms with Gasteiger partial charge in [-0.15, -0.1) is 11.3 Å². The molecule has 0 bridgehead atoms. The highest BCUT2D eigenvalue weighted by Gasteiger charge is 2.19. The fourth-order valence-electron chi connectivity index (χ4n) is 7.84. The highest BCUT2D eigenvalue weighted by Crippen LogP contribution is 2.43. The summed E-state index contributed by atoms with van der Waals surface area (Å²) in [6.45, 7) is 0. The summed E-state index contributed by atoms with van der Waals surface area (Å²) >= 11 is 1.84. The Hall–Kier alpha value is -7.21. The summed E-state index contributed by atoms with van der Waals surface area (Å²) in [4.78, 5) is 15.2. The summed E-state index contributed by atoms with van der Waals surface area (Å²) in [7, 11) is 0. The van der Waals surface area contributed by atoms with Crippen molar-refractivity contribution < 1.29 is 4.42 Å². The lowest BCUT2D eigenvalue weighted by molar-refractivity contribution is 0.669. The fraction of sp³-hybridized carbons (Fsp3) is 0. The van der Waals surface area contributed by atoms with Gasteiger partial charge in [0.05, 0.1) is 0 Å². The molecule has 0 amide bonds. The summed E-state index contributed by atoms with van der Waals surface area (Å²) in [6.07, 6.45) is 0. The molecule has 0 saturated heterocycles. The van der Waals surface area contributed by atoms with Crippen molar-refractivity contribution in [2.45, 2.75) is 0 Å². The molecule has 0 saturated carbocycles. The smallest absolute Gasteiger partial charge is 0.164 e. The summed E-state index contributed by atoms with van der Waals surface area (Å²) < 4.78 is 9.19. The van der Waals surface area contributed by atoms with Gasteiger partial charge in [0.15, 0.2) is 17.5 Å². The number of fused-ring (bicyclic) bond motifs is 6. The minimum absolute atomic E-state index is 0.600. The van der Waals surface area contributed by atoms with Crippen molar-refractivity contribution in [1.29, 1.82) is 0 Å². The molecule has 262 valence electrons. The monoisotopic (exact) mass is 733 g/mol. The maximum absolute atomic E-state index is 6.64. The Bertz CT molecular complexity index is 3230. The van der Waals surface area contributed by atoms with Crippen LogP contribution < -0.4 is 0 Å². The molecule has 3 heterocycles. The molecular weight excluding hydrogens is 703 g/mol. The van der Waals surface area contributed by atoms with Crippen LogP contribution in [0.5, 0.6) is 0 Å². The van der Waals surface area contributed by atoms with E-state index in [9.17, 15) is 0 Å². The van der Waals surface area contributed by atoms with Crippen molar-refractivity contribution in [2.75, 3.05) is 0 Å². The van der Waals surface area contributed by atoms with E-state index in [1.165, 1.54) is 42.4 Å². The highest BCUT2D eigenvalue weighted by molar-refractivity contribution is 7.26. The van der Waals surface area contributed by atoms with Gasteiger partial charge < -0.3 is 4.42 Å². The Morgan fingerprint density at radius 2 is 0.857 bits per heavy atom. The van der Waals surface area contributed by atoms with E-state index in [1.54, 1.807) is 0 Å². The predicted molar refractivity (Wildman–Crippen MR) is 233 cm³/mol. The molecule has 5 heteroatoms. The standard InChI is InChI=1S/C51H31N3OS/c1-4-12-32(13-5-1)34-22-24-36(25-23-34)50-52-49(35-16-8-3-9-17-35)53-51(54-50)42-19-10-20-43-47(42)40-28-27-38(30-44(40)55-43)39-18-11-21-45-48(39)41-29-26-37(31-46(41)56-45)33-14-6-2-7-15-33/h1-31H. The van der Waals surface area contributed by atoms with Gasteiger partial charge in [0.1, 0.15) is 11.2 Å². The molecule has 0 unspecified atom stereocenters. The number of rotatable bonds is 6. The lowest BCUT2D eigenvalue weighted by atomic mass is 9.97. The van der Waals surface area contributed by atoms with Crippen LogP contribution in [0.3, 0.4) is 0 Å². The normalized spacial score (nSPS) is 11.6. The largest absolute Gasteiger partial charge is 0.456 e. The van der Waals surface area contributed by atoms with E-state index in [-0.39, 0.29) is 0 Å². The maximum Gasteiger partial charge on any atom is 0.164 e. The van der Waals surface area contributed by atoms with Gasteiger partial charge in [-0.05, 0) is 63.7 Å². The van der Waals surface area contributed by atoms with E-state index < -0.39 is 0 Å². The van der Waals surface area contributed by atoms with Crippen molar-refractivity contribution in [1.82, 2.24) is 15.0 Å². The van der Waals surface area contributed by atoms with Gasteiger partial charge in [-0.3, -0.25) is 0 Å². The summed E-state index contributed by atoms with van der Waals surface area (Å²) in [5.41, 5.74) is 11.4. The van der Waals surface area contributed by atoms with Crippen LogP contribution in [0.4, 0.5) is 0 Å². The maximum atomic E-state index is 6.64. The minimum Gasteiger partial charge on any atom is -0.456 e. The molecule has 11 aromatic rings. The molecule has 0 radical (unpaired) electrons. The Morgan fingerprint density at radius 3 is 1.59 bits per heavy atom. The number of nitrogens with zero attached hydrogens (tertiary/aromatic N) is 3. The second kappa shape index (κ2) is 13.3. The number of thiophene rings is 1. The molecule has 0 spiro atoms. The molecule has 11 rings (SSSR count). The second-order valence-corrected chi connectivity index (χ2v) is 15.0. The van der Waals surface area contributed by atoms with Crippen LogP contribution in [0.1, 0.15) is 0 Å². The molecule has 0 aliphatic heterocycles. The molecule has 0 aliphatic rings. The third-order valence-corrected chi connectivity index (χ3v) is 11.7. The van der Waals surface area contributed by atoms with E-state index in [0.717, 1.165) is 49.8 Å². The molecule has 4 nitrogen and oxygen atoms in total. The van der Waals surface area contributed by atoms with Gasteiger partial charge in [-0.2, -0.15) is 0 Å². The summed E-state index contributed by atoms with van der Waals surface area (Å²) in [5.74, 6) is 1.84. The van der Waals surface area contributed by atoms with Crippen molar-refractivity contribution in [2.24, 2.45) is 0 Å². The van der Waals surface area contributed by atoms with Gasteiger partial charge in [0.25, 0.3) is 0 Å². The quantitative estimate of drug-likeness (QED) is 0.171. The summed E-state index contributed by atoms with van der Waals surface area (Å²) in [6, 6.07) is 65.6. The molecule has 0 fully saturated rings. The van der Waals surface area contributed by atoms with Crippen LogP contribution in [-0.2, 0) is 0 Å². The van der Waals surface area contributed by atoms with Crippen LogP contribution in [0.15, 0.2) is 192 Å². The molecule has 0 N–H and O–H groups in total. The number of furan rings is 1. The van der Waals surface area contributed by atoms with Crippen LogP contribution in [0.25, 0.3) is 110 Å². The van der Waals surface area contributed by atoms with E-state index >= 15 is 0 Å². The van der Waals surface area contributed by atoms with Gasteiger partial charge >= 0.3 is 0 Å². The third-order valence-electron chi connectivity index (χ3n) is 10.6. The topological polar surface area (TPSA) is 51.8 Å². The zero-order valence-corrected chi connectivity index (χ0v) is 30.9. The highest BCUT2D eigenvalue weighted by atomic mass is 32.1. The molecule has 8 aromatic carbocycles. The van der Waals surface area contributed by atoms with Gasteiger partial charge in [0.2, 0.25) is 0 Å². The first-order valence-corrected chi connectivity index (χ1v) is 19.5. The van der Waals surface area contributed by atoms with E-state index in [2.05, 4.69) is 140 Å². The Balaban J connectivity index is 1.03. The number of hydrogen-bond donors (Lipinski definition) is 0. The first-order chi connectivity index (χ1) is 27.7. The van der Waals surface area contributed by atoms with Crippen molar-refractivity contribution in [3.63, 3.8) is 0 Å². The average molecular weight is 734 g/mol. The minimum atomic E-state index is 0.600. The van der Waals surface area contributed by atoms with Crippen LogP contribution in [-0.4, -0.2) is 15.0 Å². The van der Waals surface area contributed by atoms with E-state index in [0.29, 0.717) is 17.5 Å². The molecule has 0 atom stereocenters. The Morgan fingerprint density at radius 1 is 0.321 bits per heavy atom. The predicted octanol–water partition coefficient (Wildman–Crippen LogP) is 14.1. The van der Waals surface area contributed by atoms with Gasteiger partial charge in [-0.1, -0.05) is 158 Å². The first kappa shape index (κ1) is 32.2. The molecular formula is C51H31N3OS. The SMILES string of the molecule is c1ccc(-c2ccc(-c3nc(-c4ccccc4)nc(-c4cccc5oc6cc(-c7cccc8sc9cc(-c%10ccccc%10)ccc9c78)ccc6c45)n3)cc2)cc1. The van der Waals surface area contributed by atoms with E-state index in [1.807, 2.05) is 59.9 Å². The Kier molecular flexibility index (Phi) is 7.64. The van der Waals surface area contributed by atoms with Crippen molar-refractivity contribution in [3.8, 4) is 67.5 Å². The van der Waals surface area contributed by atoms with Crippen LogP contribution >= 0.6 is 11.3 Å². The molecule has 3 aromatic heterocycles. The zero-order valence-electron chi connectivity index (χ0n) is 30.1. The summed E-state index contributed by atoms with van der Waals surface area (Å²) in [5, 5.41) is 4.54.